The fourth-order valence-corrected chi connectivity index (χ4v) is 4.74. The average molecular weight is 382 g/mol. The normalized spacial score (nSPS) is 16.7. The first-order valence-corrected chi connectivity index (χ1v) is 9.96. The molecule has 0 amide bonds. The van der Waals surface area contributed by atoms with Crippen LogP contribution in [0.1, 0.15) is 18.5 Å². The van der Waals surface area contributed by atoms with Gasteiger partial charge >= 0.3 is 0 Å². The summed E-state index contributed by atoms with van der Waals surface area (Å²) in [6.07, 6.45) is 1.48. The molecule has 2 aromatic rings. The summed E-state index contributed by atoms with van der Waals surface area (Å²) in [6.45, 7) is 3.30. The molecule has 0 radical (unpaired) electrons. The van der Waals surface area contributed by atoms with Crippen LogP contribution in [0.3, 0.4) is 0 Å². The third-order valence-corrected chi connectivity index (χ3v) is 6.67. The van der Waals surface area contributed by atoms with E-state index in [9.17, 15) is 8.42 Å². The van der Waals surface area contributed by atoms with Crippen molar-refractivity contribution in [1.82, 2.24) is 14.5 Å². The first kappa shape index (κ1) is 18.1. The van der Waals surface area contributed by atoms with E-state index in [0.717, 1.165) is 18.5 Å². The molecule has 134 valence electrons. The van der Waals surface area contributed by atoms with E-state index in [2.05, 4.69) is 10.2 Å². The first-order chi connectivity index (χ1) is 12.0. The third kappa shape index (κ3) is 4.29. The standard InChI is InChI=1S/C17H20ClN3O3S/c1-13-6-7-17(20-19-13)24-12-14-8-10-21(11-9-14)25(22,23)16-5-3-2-4-15(16)18/h2-7,14H,8-12H2,1H3. The summed E-state index contributed by atoms with van der Waals surface area (Å²) >= 11 is 6.05. The first-order valence-electron chi connectivity index (χ1n) is 8.14. The topological polar surface area (TPSA) is 72.4 Å². The minimum absolute atomic E-state index is 0.168. The molecule has 1 saturated heterocycles. The predicted octanol–water partition coefficient (Wildman–Crippen LogP) is 2.92. The number of rotatable bonds is 5. The van der Waals surface area contributed by atoms with Crippen molar-refractivity contribution in [3.05, 3.63) is 47.1 Å². The number of ether oxygens (including phenoxy) is 1. The molecular weight excluding hydrogens is 362 g/mol. The summed E-state index contributed by atoms with van der Waals surface area (Å²) in [4.78, 5) is 0.168. The van der Waals surface area contributed by atoms with Crippen LogP contribution in [0.2, 0.25) is 5.02 Å². The van der Waals surface area contributed by atoms with E-state index in [1.54, 1.807) is 30.3 Å². The molecule has 0 unspecified atom stereocenters. The van der Waals surface area contributed by atoms with Crippen molar-refractivity contribution >= 4 is 21.6 Å². The molecule has 2 heterocycles. The van der Waals surface area contributed by atoms with Gasteiger partial charge in [-0.15, -0.1) is 5.10 Å². The van der Waals surface area contributed by atoms with E-state index in [-0.39, 0.29) is 9.92 Å². The quantitative estimate of drug-likeness (QED) is 0.796. The van der Waals surface area contributed by atoms with Gasteiger partial charge in [-0.25, -0.2) is 8.42 Å². The van der Waals surface area contributed by atoms with Gasteiger partial charge in [0.05, 0.1) is 17.3 Å². The molecule has 0 N–H and O–H groups in total. The van der Waals surface area contributed by atoms with E-state index in [4.69, 9.17) is 16.3 Å². The van der Waals surface area contributed by atoms with Gasteiger partial charge < -0.3 is 4.74 Å². The number of hydrogen-bond acceptors (Lipinski definition) is 5. The van der Waals surface area contributed by atoms with Crippen molar-refractivity contribution in [2.24, 2.45) is 5.92 Å². The van der Waals surface area contributed by atoms with Gasteiger partial charge in [0.25, 0.3) is 0 Å². The Bertz CT molecular complexity index is 819. The Hall–Kier alpha value is -1.70. The zero-order chi connectivity index (χ0) is 17.9. The SMILES string of the molecule is Cc1ccc(OCC2CCN(S(=O)(=O)c3ccccc3Cl)CC2)nn1. The molecule has 1 fully saturated rings. The van der Waals surface area contributed by atoms with E-state index in [1.165, 1.54) is 4.31 Å². The number of nitrogens with zero attached hydrogens (tertiary/aromatic N) is 3. The molecule has 3 rings (SSSR count). The van der Waals surface area contributed by atoms with Gasteiger partial charge in [0.1, 0.15) is 4.90 Å². The summed E-state index contributed by atoms with van der Waals surface area (Å²) in [6, 6.07) is 10.2. The van der Waals surface area contributed by atoms with Crippen molar-refractivity contribution in [2.45, 2.75) is 24.7 Å². The monoisotopic (exact) mass is 381 g/mol. The van der Waals surface area contributed by atoms with E-state index in [0.29, 0.717) is 31.5 Å². The maximum Gasteiger partial charge on any atom is 0.244 e. The molecule has 1 aromatic heterocycles. The van der Waals surface area contributed by atoms with Gasteiger partial charge in [0.2, 0.25) is 15.9 Å². The lowest BCUT2D eigenvalue weighted by molar-refractivity contribution is 0.180. The molecule has 0 atom stereocenters. The Morgan fingerprint density at radius 2 is 1.88 bits per heavy atom. The van der Waals surface area contributed by atoms with Crippen LogP contribution in [0, 0.1) is 12.8 Å². The highest BCUT2D eigenvalue weighted by molar-refractivity contribution is 7.89. The molecule has 0 spiro atoms. The summed E-state index contributed by atoms with van der Waals surface area (Å²) < 4.78 is 32.6. The van der Waals surface area contributed by atoms with Crippen LogP contribution >= 0.6 is 11.6 Å². The van der Waals surface area contributed by atoms with Gasteiger partial charge in [0.15, 0.2) is 0 Å². The lowest BCUT2D eigenvalue weighted by atomic mass is 9.99. The van der Waals surface area contributed by atoms with Crippen molar-refractivity contribution < 1.29 is 13.2 Å². The van der Waals surface area contributed by atoms with Crippen LogP contribution in [0.4, 0.5) is 0 Å². The maximum atomic E-state index is 12.7. The summed E-state index contributed by atoms with van der Waals surface area (Å²) in [7, 11) is -3.55. The number of aromatic nitrogens is 2. The summed E-state index contributed by atoms with van der Waals surface area (Å²) in [5.41, 5.74) is 0.838. The van der Waals surface area contributed by atoms with Crippen LogP contribution in [-0.2, 0) is 10.0 Å². The number of aryl methyl sites for hydroxylation is 1. The molecule has 0 bridgehead atoms. The maximum absolute atomic E-state index is 12.7. The second-order valence-electron chi connectivity index (χ2n) is 6.10. The Kier molecular flexibility index (Phi) is 5.56. The van der Waals surface area contributed by atoms with Crippen LogP contribution < -0.4 is 4.74 Å². The van der Waals surface area contributed by atoms with Gasteiger partial charge in [-0.3, -0.25) is 0 Å². The number of hydrogen-bond donors (Lipinski definition) is 0. The van der Waals surface area contributed by atoms with E-state index in [1.807, 2.05) is 13.0 Å². The Morgan fingerprint density at radius 1 is 1.16 bits per heavy atom. The Balaban J connectivity index is 1.56. The fraction of sp³-hybridized carbons (Fsp3) is 0.412. The number of halogens is 1. The van der Waals surface area contributed by atoms with E-state index >= 15 is 0 Å². The molecule has 0 aliphatic carbocycles. The van der Waals surface area contributed by atoms with Crippen molar-refractivity contribution in [1.29, 1.82) is 0 Å². The van der Waals surface area contributed by atoms with Gasteiger partial charge in [-0.1, -0.05) is 23.7 Å². The third-order valence-electron chi connectivity index (χ3n) is 4.27. The van der Waals surface area contributed by atoms with Crippen LogP contribution in [0.25, 0.3) is 0 Å². The molecule has 1 aromatic carbocycles. The molecule has 6 nitrogen and oxygen atoms in total. The van der Waals surface area contributed by atoms with Crippen molar-refractivity contribution in [3.63, 3.8) is 0 Å². The summed E-state index contributed by atoms with van der Waals surface area (Å²) in [5, 5.41) is 8.18. The minimum atomic E-state index is -3.55. The Labute approximate surface area is 152 Å². The molecule has 1 aliphatic rings. The summed E-state index contributed by atoms with van der Waals surface area (Å²) in [5.74, 6) is 0.789. The highest BCUT2D eigenvalue weighted by Gasteiger charge is 2.30. The zero-order valence-electron chi connectivity index (χ0n) is 13.9. The average Bonchev–Trinajstić information content (AvgIpc) is 2.62. The molecule has 8 heteroatoms. The lowest BCUT2D eigenvalue weighted by Crippen LogP contribution is -2.39. The molecule has 1 aliphatic heterocycles. The second kappa shape index (κ2) is 7.68. The lowest BCUT2D eigenvalue weighted by Gasteiger charge is -2.31. The largest absolute Gasteiger partial charge is 0.476 e. The minimum Gasteiger partial charge on any atom is -0.476 e. The second-order valence-corrected chi connectivity index (χ2v) is 8.42. The highest BCUT2D eigenvalue weighted by Crippen LogP contribution is 2.28. The smallest absolute Gasteiger partial charge is 0.244 e. The number of benzene rings is 1. The van der Waals surface area contributed by atoms with Crippen molar-refractivity contribution in [2.75, 3.05) is 19.7 Å². The predicted molar refractivity (Wildman–Crippen MR) is 95.2 cm³/mol. The Morgan fingerprint density at radius 3 is 2.52 bits per heavy atom. The van der Waals surface area contributed by atoms with Crippen LogP contribution in [0.15, 0.2) is 41.3 Å². The van der Waals surface area contributed by atoms with Crippen LogP contribution in [0.5, 0.6) is 5.88 Å². The number of sulfonamides is 1. The van der Waals surface area contributed by atoms with Crippen molar-refractivity contribution in [3.8, 4) is 5.88 Å². The van der Waals surface area contributed by atoms with Gasteiger partial charge in [-0.05, 0) is 43.9 Å². The molecule has 0 saturated carbocycles. The fourth-order valence-electron chi connectivity index (χ4n) is 2.78. The van der Waals surface area contributed by atoms with Gasteiger partial charge in [0, 0.05) is 19.2 Å². The molecular formula is C17H20ClN3O3S. The van der Waals surface area contributed by atoms with Crippen LogP contribution in [-0.4, -0.2) is 42.6 Å². The number of piperidine rings is 1. The van der Waals surface area contributed by atoms with Gasteiger partial charge in [-0.2, -0.15) is 9.40 Å². The highest BCUT2D eigenvalue weighted by atomic mass is 35.5. The molecule has 25 heavy (non-hydrogen) atoms. The van der Waals surface area contributed by atoms with E-state index < -0.39 is 10.0 Å². The zero-order valence-corrected chi connectivity index (χ0v) is 15.5.